The standard InChI is InChI=1S/C10H16BFOS/c1-7(2)9-5-4-8(6-10(9)13)14(3,11)12/h4-7,13H,11H2,1-3H3. The van der Waals surface area contributed by atoms with Gasteiger partial charge in [0.05, 0.1) is 0 Å². The Bertz CT molecular complexity index is 333. The molecule has 14 heavy (non-hydrogen) atoms. The van der Waals surface area contributed by atoms with E-state index in [1.54, 1.807) is 25.5 Å². The van der Waals surface area contributed by atoms with Crippen LogP contribution in [0, 0.1) is 0 Å². The van der Waals surface area contributed by atoms with E-state index >= 15 is 0 Å². The molecule has 0 saturated heterocycles. The molecule has 0 radical (unpaired) electrons. The lowest BCUT2D eigenvalue weighted by atomic mass is 10.0. The fourth-order valence-corrected chi connectivity index (χ4v) is 2.10. The monoisotopic (exact) mass is 214 g/mol. The number of rotatable bonds is 2. The Hall–Kier alpha value is -0.635. The molecule has 0 aromatic heterocycles. The average molecular weight is 214 g/mol. The van der Waals surface area contributed by atoms with Gasteiger partial charge in [0.25, 0.3) is 0 Å². The SMILES string of the molecule is BS(C)(F)c1ccc(C(C)C)c(O)c1. The second-order valence-corrected chi connectivity index (χ2v) is 6.95. The first-order chi connectivity index (χ1) is 6.32. The number of benzene rings is 1. The molecule has 1 nitrogen and oxygen atoms in total. The van der Waals surface area contributed by atoms with E-state index in [-0.39, 0.29) is 11.7 Å². The van der Waals surface area contributed by atoms with Crippen molar-refractivity contribution in [1.82, 2.24) is 0 Å². The van der Waals surface area contributed by atoms with E-state index in [9.17, 15) is 8.99 Å². The predicted octanol–water partition coefficient (Wildman–Crippen LogP) is 2.74. The second kappa shape index (κ2) is 3.85. The molecule has 0 heterocycles. The van der Waals surface area contributed by atoms with Gasteiger partial charge in [0.15, 0.2) is 7.12 Å². The van der Waals surface area contributed by atoms with E-state index < -0.39 is 10.3 Å². The minimum Gasteiger partial charge on any atom is -0.508 e. The number of hydrogen-bond acceptors (Lipinski definition) is 1. The zero-order valence-electron chi connectivity index (χ0n) is 9.04. The van der Waals surface area contributed by atoms with Crippen LogP contribution in [0.4, 0.5) is 3.89 Å². The van der Waals surface area contributed by atoms with Crippen LogP contribution >= 0.6 is 10.3 Å². The minimum atomic E-state index is -2.23. The quantitative estimate of drug-likeness (QED) is 0.750. The summed E-state index contributed by atoms with van der Waals surface area (Å²) < 4.78 is 13.6. The van der Waals surface area contributed by atoms with Crippen molar-refractivity contribution in [1.29, 1.82) is 0 Å². The molecule has 1 aromatic rings. The van der Waals surface area contributed by atoms with Gasteiger partial charge >= 0.3 is 0 Å². The maximum absolute atomic E-state index is 13.6. The molecule has 1 rings (SSSR count). The zero-order valence-corrected chi connectivity index (χ0v) is 9.86. The van der Waals surface area contributed by atoms with Crippen molar-refractivity contribution in [3.05, 3.63) is 23.8 Å². The largest absolute Gasteiger partial charge is 0.508 e. The fourth-order valence-electron chi connectivity index (χ4n) is 1.31. The fraction of sp³-hybridized carbons (Fsp3) is 0.400. The Balaban J connectivity index is 3.13. The smallest absolute Gasteiger partial charge is 0.195 e. The molecule has 1 unspecified atom stereocenters. The predicted molar refractivity (Wildman–Crippen MR) is 63.6 cm³/mol. The molecule has 1 N–H and O–H groups in total. The van der Waals surface area contributed by atoms with E-state index in [0.29, 0.717) is 4.90 Å². The Morgan fingerprint density at radius 3 is 2.36 bits per heavy atom. The average Bonchev–Trinajstić information content (AvgIpc) is 2.01. The lowest BCUT2D eigenvalue weighted by Gasteiger charge is -2.21. The van der Waals surface area contributed by atoms with Crippen LogP contribution < -0.4 is 0 Å². The van der Waals surface area contributed by atoms with Crippen LogP contribution in [0.25, 0.3) is 0 Å². The Morgan fingerprint density at radius 2 is 2.00 bits per heavy atom. The van der Waals surface area contributed by atoms with Crippen molar-refractivity contribution in [2.45, 2.75) is 24.7 Å². The van der Waals surface area contributed by atoms with Crippen molar-refractivity contribution in [2.24, 2.45) is 0 Å². The van der Waals surface area contributed by atoms with E-state index in [1.165, 1.54) is 0 Å². The van der Waals surface area contributed by atoms with Crippen LogP contribution in [-0.4, -0.2) is 18.5 Å². The highest BCUT2D eigenvalue weighted by Crippen LogP contribution is 2.50. The van der Waals surface area contributed by atoms with E-state index in [2.05, 4.69) is 0 Å². The molecule has 0 bridgehead atoms. The third kappa shape index (κ3) is 2.44. The Labute approximate surface area is 87.3 Å². The Kier molecular flexibility index (Phi) is 3.15. The van der Waals surface area contributed by atoms with Gasteiger partial charge in [-0.25, -0.2) is 0 Å². The lowest BCUT2D eigenvalue weighted by molar-refractivity contribution is 0.463. The summed E-state index contributed by atoms with van der Waals surface area (Å²) in [5, 5.41) is 9.67. The van der Waals surface area contributed by atoms with Gasteiger partial charge in [0, 0.05) is 4.90 Å². The van der Waals surface area contributed by atoms with Gasteiger partial charge in [-0.05, 0) is 29.9 Å². The van der Waals surface area contributed by atoms with Gasteiger partial charge < -0.3 is 5.11 Å². The highest BCUT2D eigenvalue weighted by atomic mass is 32.3. The molecule has 1 atom stereocenters. The summed E-state index contributed by atoms with van der Waals surface area (Å²) in [6.07, 6.45) is 1.57. The lowest BCUT2D eigenvalue weighted by Crippen LogP contribution is -1.93. The second-order valence-electron chi connectivity index (χ2n) is 4.08. The molecule has 0 aliphatic carbocycles. The van der Waals surface area contributed by atoms with E-state index in [1.807, 2.05) is 19.9 Å². The minimum absolute atomic E-state index is 0.204. The molecular weight excluding hydrogens is 198 g/mol. The van der Waals surface area contributed by atoms with Crippen molar-refractivity contribution < 1.29 is 8.99 Å². The molecule has 0 amide bonds. The summed E-state index contributed by atoms with van der Waals surface area (Å²) in [6.45, 7) is 4.00. The number of phenolic OH excluding ortho intramolecular Hbond substituents is 1. The summed E-state index contributed by atoms with van der Waals surface area (Å²) in [6, 6.07) is 5.12. The van der Waals surface area contributed by atoms with Crippen molar-refractivity contribution >= 4 is 17.4 Å². The van der Waals surface area contributed by atoms with Gasteiger partial charge in [-0.1, -0.05) is 19.9 Å². The van der Waals surface area contributed by atoms with Gasteiger partial charge in [-0.2, -0.15) is 3.89 Å². The first-order valence-electron chi connectivity index (χ1n) is 4.58. The zero-order chi connectivity index (χ0) is 10.9. The van der Waals surface area contributed by atoms with Gasteiger partial charge in [-0.3, -0.25) is 0 Å². The van der Waals surface area contributed by atoms with Crippen LogP contribution in [0.1, 0.15) is 25.3 Å². The summed E-state index contributed by atoms with van der Waals surface area (Å²) in [4.78, 5) is 0.597. The highest BCUT2D eigenvalue weighted by Gasteiger charge is 2.15. The van der Waals surface area contributed by atoms with Crippen LogP contribution in [0.2, 0.25) is 0 Å². The van der Waals surface area contributed by atoms with Crippen molar-refractivity contribution in [3.63, 3.8) is 0 Å². The normalized spacial score (nSPS) is 17.8. The van der Waals surface area contributed by atoms with Gasteiger partial charge in [0.1, 0.15) is 5.75 Å². The van der Waals surface area contributed by atoms with Crippen molar-refractivity contribution in [2.75, 3.05) is 6.26 Å². The molecule has 1 aromatic carbocycles. The molecule has 0 aliphatic heterocycles. The van der Waals surface area contributed by atoms with E-state index in [4.69, 9.17) is 0 Å². The number of phenols is 1. The topological polar surface area (TPSA) is 20.2 Å². The molecule has 0 saturated carbocycles. The summed E-state index contributed by atoms with van der Waals surface area (Å²) in [5.74, 6) is 0.470. The number of hydrogen-bond donors (Lipinski definition) is 1. The van der Waals surface area contributed by atoms with Crippen LogP contribution in [-0.2, 0) is 0 Å². The Morgan fingerprint density at radius 1 is 1.43 bits per heavy atom. The molecule has 4 heteroatoms. The first kappa shape index (κ1) is 11.4. The molecule has 0 aliphatic rings. The van der Waals surface area contributed by atoms with Crippen LogP contribution in [0.5, 0.6) is 5.75 Å². The maximum Gasteiger partial charge on any atom is 0.195 e. The molecule has 0 spiro atoms. The number of aromatic hydroxyl groups is 1. The van der Waals surface area contributed by atoms with Gasteiger partial charge in [0.2, 0.25) is 0 Å². The number of halogens is 1. The van der Waals surface area contributed by atoms with Gasteiger partial charge in [-0.15, -0.1) is 10.3 Å². The first-order valence-corrected chi connectivity index (χ1v) is 6.93. The summed E-state index contributed by atoms with van der Waals surface area (Å²) >= 11 is 0. The summed E-state index contributed by atoms with van der Waals surface area (Å²) in [5.41, 5.74) is 0.873. The molecule has 0 fully saturated rings. The molecular formula is C10H16BFOS. The third-order valence-corrected chi connectivity index (χ3v) is 3.56. The van der Waals surface area contributed by atoms with Crippen LogP contribution in [0.15, 0.2) is 23.1 Å². The summed E-state index contributed by atoms with van der Waals surface area (Å²) in [7, 11) is -0.661. The third-order valence-electron chi connectivity index (χ3n) is 2.18. The van der Waals surface area contributed by atoms with Crippen molar-refractivity contribution in [3.8, 4) is 5.75 Å². The van der Waals surface area contributed by atoms with Crippen LogP contribution in [0.3, 0.4) is 0 Å². The molecule has 78 valence electrons. The highest BCUT2D eigenvalue weighted by molar-refractivity contribution is 8.45. The maximum atomic E-state index is 13.6. The van der Waals surface area contributed by atoms with E-state index in [0.717, 1.165) is 5.56 Å².